The van der Waals surface area contributed by atoms with Crippen LogP contribution in [-0.4, -0.2) is 29.9 Å². The molecule has 0 saturated carbocycles. The van der Waals surface area contributed by atoms with E-state index in [1.807, 2.05) is 102 Å². The lowest BCUT2D eigenvalue weighted by Gasteiger charge is -2.21. The first-order valence-corrected chi connectivity index (χ1v) is 37.1. The Hall–Kier alpha value is -13.7. The van der Waals surface area contributed by atoms with Crippen LogP contribution in [0.3, 0.4) is 0 Å². The van der Waals surface area contributed by atoms with Crippen LogP contribution in [0.25, 0.3) is 208 Å². The fourth-order valence-corrected chi connectivity index (χ4v) is 18.0. The van der Waals surface area contributed by atoms with E-state index in [1.165, 1.54) is 107 Å². The van der Waals surface area contributed by atoms with Crippen molar-refractivity contribution in [1.29, 1.82) is 0 Å². The Morgan fingerprint density at radius 2 is 0.701 bits per heavy atom. The molecule has 4 aromatic heterocycles. The maximum Gasteiger partial charge on any atom is 0.164 e. The van der Waals surface area contributed by atoms with Gasteiger partial charge in [-0.05, 0) is 135 Å². The van der Waals surface area contributed by atoms with E-state index in [2.05, 4.69) is 263 Å². The number of rotatable bonds is 8. The fraction of sp³-hybridized carbons (Fsp3) is 0.0303. The van der Waals surface area contributed by atoms with Crippen LogP contribution < -0.4 is 0 Å². The Bertz CT molecular complexity index is 7170. The van der Waals surface area contributed by atoms with Gasteiger partial charge in [-0.3, -0.25) is 0 Å². The highest BCUT2D eigenvalue weighted by molar-refractivity contribution is 7.27. The third kappa shape index (κ3) is 10.2. The lowest BCUT2D eigenvalue weighted by atomic mass is 9.82. The number of aromatic nitrogens is 6. The highest BCUT2D eigenvalue weighted by atomic mass is 32.1. The highest BCUT2D eigenvalue weighted by Crippen LogP contribution is 2.53. The second-order valence-electron chi connectivity index (χ2n) is 28.3. The van der Waals surface area contributed by atoms with Gasteiger partial charge in [0.25, 0.3) is 0 Å². The number of hydrogen-bond acceptors (Lipinski definition) is 8. The normalized spacial score (nSPS) is 12.5. The highest BCUT2D eigenvalue weighted by Gasteiger charge is 2.37. The van der Waals surface area contributed by atoms with Crippen molar-refractivity contribution in [3.8, 4) is 102 Å². The van der Waals surface area contributed by atoms with Crippen molar-refractivity contribution < 1.29 is 4.42 Å². The van der Waals surface area contributed by atoms with E-state index < -0.39 is 0 Å². The van der Waals surface area contributed by atoms with Crippen LogP contribution in [0, 0.1) is 0 Å². The summed E-state index contributed by atoms with van der Waals surface area (Å²) >= 11 is 1.89. The summed E-state index contributed by atoms with van der Waals surface area (Å²) in [5, 5.41) is 19.9. The number of para-hydroxylation sites is 1. The number of nitrogens with zero attached hydrogens (tertiary/aromatic N) is 6. The molecule has 4 heterocycles. The van der Waals surface area contributed by atoms with E-state index in [4.69, 9.17) is 34.3 Å². The standard InChI is InChI=1S/C51H31N3O.C48H31N3S/c1-3-12-34(13-4-1)49-52-50(35-14-5-2-6-15-35)54-51(53-49)42-19-8-7-18-40(42)38-17-11-16-36(30-38)37-26-28-41-39(31-37)25-24-32-22-23-33-27-29-45-48(47(33)46(32)41)43-20-9-10-21-44(43)55-45;1-48(2)38-20-10-8-17-34(38)42-37(19-12-21-39(42)48)47-50-45(28-13-4-3-5-14-28)49-46(51-47)30-24-25-31-29(27-30)23-26-36-41(31)32-15-6-7-16-33(32)44-43(36)35-18-9-11-22-40(35)52-44/h1-31H;3-27H,1-2H3. The van der Waals surface area contributed by atoms with Gasteiger partial charge in [0.05, 0.1) is 0 Å². The summed E-state index contributed by atoms with van der Waals surface area (Å²) in [6, 6.07) is 120. The van der Waals surface area contributed by atoms with Crippen molar-refractivity contribution in [2.24, 2.45) is 0 Å². The number of thiophene rings is 1. The molecular weight excluding hydrogens is 1320 g/mol. The Labute approximate surface area is 620 Å². The molecule has 0 radical (unpaired) electrons. The lowest BCUT2D eigenvalue weighted by molar-refractivity contribution is 0.660. The van der Waals surface area contributed by atoms with Crippen LogP contribution in [-0.2, 0) is 5.41 Å². The predicted octanol–water partition coefficient (Wildman–Crippen LogP) is 26.6. The third-order valence-electron chi connectivity index (χ3n) is 21.8. The van der Waals surface area contributed by atoms with E-state index in [0.29, 0.717) is 34.9 Å². The molecule has 1 aliphatic rings. The van der Waals surface area contributed by atoms with Crippen molar-refractivity contribution in [2.45, 2.75) is 19.3 Å². The maximum absolute atomic E-state index is 6.32. The Balaban J connectivity index is 0.000000137. The molecule has 7 nitrogen and oxygen atoms in total. The summed E-state index contributed by atoms with van der Waals surface area (Å²) < 4.78 is 9.00. The van der Waals surface area contributed by atoms with Crippen molar-refractivity contribution in [3.05, 3.63) is 351 Å². The topological polar surface area (TPSA) is 90.5 Å². The summed E-state index contributed by atoms with van der Waals surface area (Å²) in [4.78, 5) is 30.6. The molecule has 0 amide bonds. The molecule has 500 valence electrons. The summed E-state index contributed by atoms with van der Waals surface area (Å²) in [6.45, 7) is 4.62. The summed E-state index contributed by atoms with van der Waals surface area (Å²) in [5.41, 5.74) is 17.0. The van der Waals surface area contributed by atoms with E-state index in [0.717, 1.165) is 77.6 Å². The van der Waals surface area contributed by atoms with Crippen LogP contribution in [0.15, 0.2) is 344 Å². The smallest absolute Gasteiger partial charge is 0.164 e. The Morgan fingerprint density at radius 1 is 0.243 bits per heavy atom. The second-order valence-corrected chi connectivity index (χ2v) is 29.4. The van der Waals surface area contributed by atoms with Gasteiger partial charge in [0, 0.05) is 80.5 Å². The Kier molecular flexibility index (Phi) is 14.3. The first kappa shape index (κ1) is 62.0. The van der Waals surface area contributed by atoms with Crippen molar-refractivity contribution in [1.82, 2.24) is 29.9 Å². The van der Waals surface area contributed by atoms with Crippen LogP contribution in [0.5, 0.6) is 0 Å². The molecule has 17 aromatic carbocycles. The molecule has 0 spiro atoms. The monoisotopic (exact) mass is 1380 g/mol. The van der Waals surface area contributed by atoms with Gasteiger partial charge in [-0.2, -0.15) is 0 Å². The van der Waals surface area contributed by atoms with Crippen LogP contribution >= 0.6 is 11.3 Å². The van der Waals surface area contributed by atoms with Gasteiger partial charge in [0.2, 0.25) is 0 Å². The van der Waals surface area contributed by atoms with Crippen molar-refractivity contribution >= 4 is 118 Å². The van der Waals surface area contributed by atoms with Gasteiger partial charge in [-0.15, -0.1) is 11.3 Å². The van der Waals surface area contributed by atoms with Gasteiger partial charge in [0.15, 0.2) is 34.9 Å². The molecule has 22 rings (SSSR count). The number of fused-ring (bicyclic) bond motifs is 22. The SMILES string of the molecule is CC1(C)c2ccccc2-c2c(-c3nc(-c4ccccc4)nc(-c4ccc5c(ccc6c5c5ccccc5c5sc7ccccc7c65)c4)n3)cccc21.c1ccc(-c2nc(-c3ccccc3)nc(-c3ccccc3-c3cccc(-c4ccc5c(ccc6ccc7ccc8oc9ccccc9c8c7c65)c4)c3)n2)cc1. The largest absolute Gasteiger partial charge is 0.456 e. The summed E-state index contributed by atoms with van der Waals surface area (Å²) in [7, 11) is 0. The zero-order valence-electron chi connectivity index (χ0n) is 58.3. The second kappa shape index (κ2) is 24.8. The van der Waals surface area contributed by atoms with Gasteiger partial charge in [-0.25, -0.2) is 29.9 Å². The van der Waals surface area contributed by atoms with E-state index in [9.17, 15) is 0 Å². The zero-order chi connectivity index (χ0) is 70.8. The van der Waals surface area contributed by atoms with Crippen LogP contribution in [0.4, 0.5) is 0 Å². The van der Waals surface area contributed by atoms with E-state index in [-0.39, 0.29) is 5.41 Å². The minimum Gasteiger partial charge on any atom is -0.456 e. The minimum atomic E-state index is -0.119. The molecule has 8 heteroatoms. The first-order chi connectivity index (χ1) is 52.8. The lowest BCUT2D eigenvalue weighted by Crippen LogP contribution is -2.14. The predicted molar refractivity (Wildman–Crippen MR) is 446 cm³/mol. The molecule has 0 saturated heterocycles. The van der Waals surface area contributed by atoms with Gasteiger partial charge in [0.1, 0.15) is 11.2 Å². The molecule has 107 heavy (non-hydrogen) atoms. The van der Waals surface area contributed by atoms with E-state index in [1.54, 1.807) is 0 Å². The molecule has 0 N–H and O–H groups in total. The molecule has 21 aromatic rings. The first-order valence-electron chi connectivity index (χ1n) is 36.3. The molecule has 0 aliphatic heterocycles. The summed E-state index contributed by atoms with van der Waals surface area (Å²) in [6.07, 6.45) is 0. The Morgan fingerprint density at radius 3 is 1.41 bits per heavy atom. The van der Waals surface area contributed by atoms with Crippen LogP contribution in [0.2, 0.25) is 0 Å². The quantitative estimate of drug-likeness (QED) is 0.140. The summed E-state index contributed by atoms with van der Waals surface area (Å²) in [5.74, 6) is 3.94. The molecule has 1 aliphatic carbocycles. The third-order valence-corrected chi connectivity index (χ3v) is 23.0. The zero-order valence-corrected chi connectivity index (χ0v) is 59.1. The van der Waals surface area contributed by atoms with Gasteiger partial charge in [-0.1, -0.05) is 317 Å². The number of hydrogen-bond donors (Lipinski definition) is 0. The van der Waals surface area contributed by atoms with Crippen LogP contribution in [0.1, 0.15) is 25.0 Å². The van der Waals surface area contributed by atoms with Crippen molar-refractivity contribution in [3.63, 3.8) is 0 Å². The maximum atomic E-state index is 6.32. The fourth-order valence-electron chi connectivity index (χ4n) is 16.7. The average Bonchev–Trinajstić information content (AvgIpc) is 1.68. The molecule has 0 bridgehead atoms. The number of furan rings is 1. The molecule has 0 atom stereocenters. The van der Waals surface area contributed by atoms with Gasteiger partial charge >= 0.3 is 0 Å². The molecule has 0 unspecified atom stereocenters. The van der Waals surface area contributed by atoms with Crippen molar-refractivity contribution in [2.75, 3.05) is 0 Å². The number of benzene rings is 17. The molecular formula is C99H62N6OS. The average molecular weight is 1380 g/mol. The molecule has 0 fully saturated rings. The minimum absolute atomic E-state index is 0.119. The van der Waals surface area contributed by atoms with E-state index >= 15 is 0 Å². The van der Waals surface area contributed by atoms with Gasteiger partial charge < -0.3 is 4.42 Å².